The lowest BCUT2D eigenvalue weighted by molar-refractivity contribution is -0.167. The topological polar surface area (TPSA) is 78.9 Å². The second-order valence-corrected chi connectivity index (χ2v) is 22.0. The Labute approximate surface area is 511 Å². The van der Waals surface area contributed by atoms with Crippen molar-refractivity contribution in [3.8, 4) is 0 Å². The quantitative estimate of drug-likeness (QED) is 0.0261. The van der Waals surface area contributed by atoms with Gasteiger partial charge in [0.2, 0.25) is 0 Å². The lowest BCUT2D eigenvalue weighted by atomic mass is 10.0. The molecule has 6 nitrogen and oxygen atoms in total. The van der Waals surface area contributed by atoms with Gasteiger partial charge in [-0.15, -0.1) is 0 Å². The number of rotatable bonds is 60. The van der Waals surface area contributed by atoms with Crippen LogP contribution in [0.5, 0.6) is 0 Å². The van der Waals surface area contributed by atoms with Crippen LogP contribution in [0.1, 0.15) is 290 Å². The van der Waals surface area contributed by atoms with Gasteiger partial charge in [0, 0.05) is 19.3 Å². The average Bonchev–Trinajstić information content (AvgIpc) is 3.48. The third kappa shape index (κ3) is 67.7. The van der Waals surface area contributed by atoms with Crippen LogP contribution in [0.15, 0.2) is 158 Å². The zero-order valence-electron chi connectivity index (χ0n) is 53.7. The van der Waals surface area contributed by atoms with E-state index in [9.17, 15) is 14.4 Å². The van der Waals surface area contributed by atoms with Crippen molar-refractivity contribution in [2.24, 2.45) is 0 Å². The Kier molecular flexibility index (Phi) is 65.4. The second kappa shape index (κ2) is 69.5. The summed E-state index contributed by atoms with van der Waals surface area (Å²) in [6.07, 6.45) is 101. The summed E-state index contributed by atoms with van der Waals surface area (Å²) in [6, 6.07) is 0. The van der Waals surface area contributed by atoms with E-state index in [1.807, 2.05) is 0 Å². The third-order valence-electron chi connectivity index (χ3n) is 14.0. The Morgan fingerprint density at radius 2 is 0.470 bits per heavy atom. The van der Waals surface area contributed by atoms with E-state index in [0.29, 0.717) is 19.3 Å². The minimum Gasteiger partial charge on any atom is -0.462 e. The molecule has 0 aromatic carbocycles. The molecule has 0 N–H and O–H groups in total. The molecule has 0 saturated carbocycles. The first kappa shape index (κ1) is 78.0. The molecule has 0 heterocycles. The Hall–Kier alpha value is -4.97. The maximum atomic E-state index is 12.9. The molecule has 0 amide bonds. The summed E-state index contributed by atoms with van der Waals surface area (Å²) >= 11 is 0. The highest BCUT2D eigenvalue weighted by Crippen LogP contribution is 2.15. The van der Waals surface area contributed by atoms with E-state index >= 15 is 0 Å². The number of ether oxygens (including phenoxy) is 3. The maximum Gasteiger partial charge on any atom is 0.306 e. The Morgan fingerprint density at radius 3 is 0.747 bits per heavy atom. The molecule has 0 aromatic rings. The maximum absolute atomic E-state index is 12.9. The van der Waals surface area contributed by atoms with Crippen molar-refractivity contribution < 1.29 is 28.6 Å². The molecular weight excluding hydrogens is 1020 g/mol. The van der Waals surface area contributed by atoms with Crippen molar-refractivity contribution >= 4 is 17.9 Å². The lowest BCUT2D eigenvalue weighted by Crippen LogP contribution is -2.30. The summed E-state index contributed by atoms with van der Waals surface area (Å²) in [5.74, 6) is -0.933. The van der Waals surface area contributed by atoms with Gasteiger partial charge in [0.25, 0.3) is 0 Å². The van der Waals surface area contributed by atoms with E-state index in [1.165, 1.54) is 89.9 Å². The SMILES string of the molecule is CC/C=C\C/C=C\C/C=C\C/C=C\C/C=C\C/C=C\C/C=C\C/C=C\CCCCCCC(=O)OCC(COC(=O)CCCCCCC/C=C\CCCC)OC(=O)CCCCCCCCCCCCCC/C=C\C/C=C\C/C=C\C/C=C\CC. The summed E-state index contributed by atoms with van der Waals surface area (Å²) in [5, 5.41) is 0. The van der Waals surface area contributed by atoms with Crippen molar-refractivity contribution in [3.05, 3.63) is 158 Å². The Balaban J connectivity index is 4.35. The van der Waals surface area contributed by atoms with E-state index in [0.717, 1.165) is 161 Å². The fourth-order valence-corrected chi connectivity index (χ4v) is 8.96. The second-order valence-electron chi connectivity index (χ2n) is 22.0. The highest BCUT2D eigenvalue weighted by molar-refractivity contribution is 5.71. The van der Waals surface area contributed by atoms with Crippen LogP contribution in [0.25, 0.3) is 0 Å². The molecule has 1 unspecified atom stereocenters. The van der Waals surface area contributed by atoms with Gasteiger partial charge < -0.3 is 14.2 Å². The van der Waals surface area contributed by atoms with E-state index in [2.05, 4.69) is 179 Å². The Morgan fingerprint density at radius 1 is 0.253 bits per heavy atom. The van der Waals surface area contributed by atoms with Gasteiger partial charge in [0.05, 0.1) is 0 Å². The molecular formula is C77H124O6. The van der Waals surface area contributed by atoms with Crippen LogP contribution in [0.4, 0.5) is 0 Å². The molecule has 468 valence electrons. The average molecular weight is 1150 g/mol. The van der Waals surface area contributed by atoms with Crippen molar-refractivity contribution in [3.63, 3.8) is 0 Å². The zero-order chi connectivity index (χ0) is 59.9. The highest BCUT2D eigenvalue weighted by Gasteiger charge is 2.19. The van der Waals surface area contributed by atoms with Crippen LogP contribution < -0.4 is 0 Å². The van der Waals surface area contributed by atoms with Crippen molar-refractivity contribution in [2.75, 3.05) is 13.2 Å². The number of carbonyl (C=O) groups excluding carboxylic acids is 3. The molecule has 6 heteroatoms. The molecule has 0 rings (SSSR count). The minimum atomic E-state index is -0.801. The fourth-order valence-electron chi connectivity index (χ4n) is 8.96. The standard InChI is InChI=1S/C77H124O6/c1-4-7-10-13-16-19-22-24-26-28-30-32-34-36-37-38-39-41-42-44-46-48-50-52-55-58-61-64-67-70-76(79)82-73-74(72-81-75(78)69-66-63-60-57-54-21-18-15-12-9-6-3)83-77(80)71-68-65-62-59-56-53-51-49-47-45-43-40-35-33-31-29-27-25-23-20-17-14-11-8-5-2/h7-8,10-11,15-20,24-27,30-33,36-37,39,41,44,46,50,52,74H,4-6,9,12-14,21-23,28-29,34-35,38,40,42-43,45,47-49,51,53-73H2,1-3H3/b10-7-,11-8-,18-15-,19-16-,20-17-,26-24-,27-25-,32-30-,33-31-,37-36-,41-39-,46-44-,52-50-. The monoisotopic (exact) mass is 1140 g/mol. The van der Waals surface area contributed by atoms with E-state index in [4.69, 9.17) is 14.2 Å². The number of hydrogen-bond donors (Lipinski definition) is 0. The smallest absolute Gasteiger partial charge is 0.306 e. The van der Waals surface area contributed by atoms with Gasteiger partial charge in [-0.25, -0.2) is 0 Å². The van der Waals surface area contributed by atoms with Crippen LogP contribution >= 0.6 is 0 Å². The van der Waals surface area contributed by atoms with Gasteiger partial charge in [-0.2, -0.15) is 0 Å². The largest absolute Gasteiger partial charge is 0.462 e. The van der Waals surface area contributed by atoms with Crippen LogP contribution in [-0.2, 0) is 28.6 Å². The van der Waals surface area contributed by atoms with Gasteiger partial charge in [-0.3, -0.25) is 14.4 Å². The van der Waals surface area contributed by atoms with Gasteiger partial charge in [-0.05, 0) is 141 Å². The molecule has 0 aliphatic carbocycles. The molecule has 0 aliphatic heterocycles. The molecule has 83 heavy (non-hydrogen) atoms. The van der Waals surface area contributed by atoms with Crippen LogP contribution in [0.3, 0.4) is 0 Å². The predicted octanol–water partition coefficient (Wildman–Crippen LogP) is 23.7. The molecule has 0 aromatic heterocycles. The van der Waals surface area contributed by atoms with Gasteiger partial charge in [0.1, 0.15) is 13.2 Å². The number of carbonyl (C=O) groups is 3. The summed E-state index contributed by atoms with van der Waals surface area (Å²) in [5.41, 5.74) is 0. The summed E-state index contributed by atoms with van der Waals surface area (Å²) in [7, 11) is 0. The van der Waals surface area contributed by atoms with Crippen LogP contribution in [-0.4, -0.2) is 37.2 Å². The summed E-state index contributed by atoms with van der Waals surface area (Å²) in [6.45, 7) is 6.35. The Bertz CT molecular complexity index is 1840. The van der Waals surface area contributed by atoms with Crippen LogP contribution in [0.2, 0.25) is 0 Å². The van der Waals surface area contributed by atoms with Gasteiger partial charge >= 0.3 is 17.9 Å². The first-order valence-electron chi connectivity index (χ1n) is 34.0. The molecule has 0 spiro atoms. The van der Waals surface area contributed by atoms with Crippen molar-refractivity contribution in [1.82, 2.24) is 0 Å². The number of esters is 3. The molecule has 0 radical (unpaired) electrons. The van der Waals surface area contributed by atoms with E-state index in [1.54, 1.807) is 0 Å². The minimum absolute atomic E-state index is 0.0962. The van der Waals surface area contributed by atoms with Crippen molar-refractivity contribution in [1.29, 1.82) is 0 Å². The predicted molar refractivity (Wildman–Crippen MR) is 362 cm³/mol. The van der Waals surface area contributed by atoms with Crippen LogP contribution in [0, 0.1) is 0 Å². The van der Waals surface area contributed by atoms with Gasteiger partial charge in [-0.1, -0.05) is 288 Å². The first-order chi connectivity index (χ1) is 41.0. The summed E-state index contributed by atoms with van der Waals surface area (Å²) in [4.78, 5) is 38.3. The molecule has 0 bridgehead atoms. The molecule has 0 fully saturated rings. The van der Waals surface area contributed by atoms with Gasteiger partial charge in [0.15, 0.2) is 6.10 Å². The number of unbranched alkanes of at least 4 members (excludes halogenated alkanes) is 23. The highest BCUT2D eigenvalue weighted by atomic mass is 16.6. The third-order valence-corrected chi connectivity index (χ3v) is 14.0. The summed E-state index contributed by atoms with van der Waals surface area (Å²) < 4.78 is 16.9. The van der Waals surface area contributed by atoms with E-state index in [-0.39, 0.29) is 31.1 Å². The number of hydrogen-bond acceptors (Lipinski definition) is 6. The molecule has 0 saturated heterocycles. The first-order valence-corrected chi connectivity index (χ1v) is 34.0. The normalized spacial score (nSPS) is 13.1. The fraction of sp³-hybridized carbons (Fsp3) is 0.623. The zero-order valence-corrected chi connectivity index (χ0v) is 53.7. The molecule has 0 aliphatic rings. The number of allylic oxidation sites excluding steroid dienone is 26. The molecule has 1 atom stereocenters. The van der Waals surface area contributed by atoms with Crippen molar-refractivity contribution in [2.45, 2.75) is 297 Å². The van der Waals surface area contributed by atoms with E-state index < -0.39 is 6.10 Å². The lowest BCUT2D eigenvalue weighted by Gasteiger charge is -2.18.